The molecule has 148 valence electrons. The van der Waals surface area contributed by atoms with Crippen LogP contribution in [0.4, 0.5) is 13.6 Å². The first-order valence-corrected chi connectivity index (χ1v) is 9.28. The third-order valence-electron chi connectivity index (χ3n) is 5.14. The molecule has 2 fully saturated rings. The highest BCUT2D eigenvalue weighted by atomic mass is 19.3. The van der Waals surface area contributed by atoms with Gasteiger partial charge in [-0.15, -0.1) is 0 Å². The van der Waals surface area contributed by atoms with E-state index in [2.05, 4.69) is 4.90 Å². The maximum absolute atomic E-state index is 13.3. The van der Waals surface area contributed by atoms with E-state index in [0.29, 0.717) is 13.0 Å². The molecule has 3 rings (SSSR count). The maximum atomic E-state index is 13.3. The van der Waals surface area contributed by atoms with Crippen molar-refractivity contribution in [3.8, 4) is 0 Å². The number of nitrogens with zero attached hydrogens (tertiary/aromatic N) is 2. The number of Topliss-reactive ketones (excluding diaryl/α,β-unsaturated/α-hetero) is 1. The molecule has 2 aliphatic heterocycles. The van der Waals surface area contributed by atoms with Crippen molar-refractivity contribution in [2.45, 2.75) is 70.3 Å². The second kappa shape index (κ2) is 7.54. The van der Waals surface area contributed by atoms with Gasteiger partial charge >= 0.3 is 6.09 Å². The zero-order valence-electron chi connectivity index (χ0n) is 15.9. The van der Waals surface area contributed by atoms with Crippen molar-refractivity contribution >= 4 is 11.9 Å². The Hall–Kier alpha value is -2.02. The van der Waals surface area contributed by atoms with Crippen LogP contribution in [-0.2, 0) is 16.1 Å². The number of rotatable bonds is 4. The maximum Gasteiger partial charge on any atom is 0.411 e. The highest BCUT2D eigenvalue weighted by Crippen LogP contribution is 2.37. The van der Waals surface area contributed by atoms with E-state index in [1.807, 2.05) is 30.3 Å². The van der Waals surface area contributed by atoms with E-state index in [4.69, 9.17) is 4.74 Å². The Labute approximate surface area is 158 Å². The summed E-state index contributed by atoms with van der Waals surface area (Å²) in [5, 5.41) is 0. The molecule has 2 unspecified atom stereocenters. The fourth-order valence-electron chi connectivity index (χ4n) is 4.07. The van der Waals surface area contributed by atoms with Crippen molar-refractivity contribution in [2.75, 3.05) is 6.54 Å². The summed E-state index contributed by atoms with van der Waals surface area (Å²) in [6, 6.07) is 8.16. The largest absolute Gasteiger partial charge is 0.444 e. The van der Waals surface area contributed by atoms with Crippen molar-refractivity contribution in [3.05, 3.63) is 35.9 Å². The van der Waals surface area contributed by atoms with Gasteiger partial charge in [0.25, 0.3) is 6.43 Å². The van der Waals surface area contributed by atoms with Crippen LogP contribution in [0.15, 0.2) is 30.3 Å². The smallest absolute Gasteiger partial charge is 0.411 e. The molecule has 5 nitrogen and oxygen atoms in total. The molecule has 0 radical (unpaired) electrons. The molecule has 2 saturated heterocycles. The number of ketones is 1. The minimum Gasteiger partial charge on any atom is -0.444 e. The number of fused-ring (bicyclic) bond motifs is 2. The molecule has 0 aliphatic carbocycles. The SMILES string of the molecule is CC(C)(C)OC(=O)N1C[C@@H]2CCC(C1C(=O)C(F)F)N2Cc1ccccc1. The van der Waals surface area contributed by atoms with Crippen molar-refractivity contribution in [2.24, 2.45) is 0 Å². The minimum absolute atomic E-state index is 0.0319. The quantitative estimate of drug-likeness (QED) is 0.803. The molecule has 1 aromatic carbocycles. The molecule has 1 aromatic rings. The monoisotopic (exact) mass is 380 g/mol. The molecule has 2 bridgehead atoms. The van der Waals surface area contributed by atoms with Crippen LogP contribution in [-0.4, -0.2) is 58.4 Å². The van der Waals surface area contributed by atoms with Crippen LogP contribution in [0.25, 0.3) is 0 Å². The first-order valence-electron chi connectivity index (χ1n) is 9.28. The molecule has 3 atom stereocenters. The predicted molar refractivity (Wildman–Crippen MR) is 96.5 cm³/mol. The van der Waals surface area contributed by atoms with Crippen LogP contribution < -0.4 is 0 Å². The Kier molecular flexibility index (Phi) is 5.51. The zero-order valence-corrected chi connectivity index (χ0v) is 15.9. The lowest BCUT2D eigenvalue weighted by molar-refractivity contribution is -0.140. The topological polar surface area (TPSA) is 49.9 Å². The van der Waals surface area contributed by atoms with Gasteiger partial charge in [0.05, 0.1) is 0 Å². The van der Waals surface area contributed by atoms with Crippen LogP contribution in [0.3, 0.4) is 0 Å². The predicted octanol–water partition coefficient (Wildman–Crippen LogP) is 3.47. The fraction of sp³-hybridized carbons (Fsp3) is 0.600. The molecule has 27 heavy (non-hydrogen) atoms. The molecule has 0 spiro atoms. The van der Waals surface area contributed by atoms with Crippen molar-refractivity contribution in [3.63, 3.8) is 0 Å². The fourth-order valence-corrected chi connectivity index (χ4v) is 4.07. The van der Waals surface area contributed by atoms with Crippen molar-refractivity contribution < 1.29 is 23.1 Å². The van der Waals surface area contributed by atoms with E-state index in [-0.39, 0.29) is 12.6 Å². The number of likely N-dealkylation sites (tertiary alicyclic amines) is 1. The number of hydrogen-bond donors (Lipinski definition) is 0. The highest BCUT2D eigenvalue weighted by molar-refractivity contribution is 5.91. The number of hydrogen-bond acceptors (Lipinski definition) is 4. The summed E-state index contributed by atoms with van der Waals surface area (Å²) in [5.74, 6) is -1.20. The summed E-state index contributed by atoms with van der Waals surface area (Å²) < 4.78 is 32.0. The summed E-state index contributed by atoms with van der Waals surface area (Å²) in [6.45, 7) is 5.95. The van der Waals surface area contributed by atoms with Crippen LogP contribution >= 0.6 is 0 Å². The molecule has 1 amide bonds. The summed E-state index contributed by atoms with van der Waals surface area (Å²) >= 11 is 0. The van der Waals surface area contributed by atoms with E-state index in [0.717, 1.165) is 12.0 Å². The summed E-state index contributed by atoms with van der Waals surface area (Å²) in [7, 11) is 0. The molecule has 7 heteroatoms. The van der Waals surface area contributed by atoms with E-state index in [9.17, 15) is 18.4 Å². The van der Waals surface area contributed by atoms with Gasteiger partial charge < -0.3 is 4.74 Å². The second-order valence-corrected chi connectivity index (χ2v) is 8.24. The van der Waals surface area contributed by atoms with Gasteiger partial charge in [0, 0.05) is 25.2 Å². The molecular formula is C20H26F2N2O3. The summed E-state index contributed by atoms with van der Waals surface area (Å²) in [4.78, 5) is 28.3. The first kappa shape index (κ1) is 19.7. The average Bonchev–Trinajstić information content (AvgIpc) is 2.85. The third kappa shape index (κ3) is 4.29. The van der Waals surface area contributed by atoms with Gasteiger partial charge in [-0.2, -0.15) is 0 Å². The average molecular weight is 380 g/mol. The van der Waals surface area contributed by atoms with Gasteiger partial charge in [0.2, 0.25) is 5.78 Å². The van der Waals surface area contributed by atoms with Crippen LogP contribution in [0.2, 0.25) is 0 Å². The lowest BCUT2D eigenvalue weighted by atomic mass is 9.98. The lowest BCUT2D eigenvalue weighted by Crippen LogP contribution is -2.64. The molecule has 2 heterocycles. The number of benzene rings is 1. The van der Waals surface area contributed by atoms with E-state index in [1.54, 1.807) is 20.8 Å². The molecule has 0 aromatic heterocycles. The number of halogens is 2. The zero-order chi connectivity index (χ0) is 19.8. The lowest BCUT2D eigenvalue weighted by Gasteiger charge is -2.46. The summed E-state index contributed by atoms with van der Waals surface area (Å²) in [6.07, 6.45) is -2.43. The van der Waals surface area contributed by atoms with E-state index >= 15 is 0 Å². The Balaban J connectivity index is 1.86. The number of carbonyl (C=O) groups is 2. The number of piperazine rings is 1. The minimum atomic E-state index is -3.12. The van der Waals surface area contributed by atoms with Gasteiger partial charge in [0.15, 0.2) is 0 Å². The molecule has 2 aliphatic rings. The third-order valence-corrected chi connectivity index (χ3v) is 5.14. The van der Waals surface area contributed by atoms with Gasteiger partial charge in [0.1, 0.15) is 11.6 Å². The molecular weight excluding hydrogens is 354 g/mol. The number of amides is 1. The Morgan fingerprint density at radius 2 is 1.85 bits per heavy atom. The number of alkyl halides is 2. The standard InChI is InChI=1S/C20H26F2N2O3/c1-20(2,3)27-19(26)24-12-14-9-10-15(16(24)17(25)18(21)22)23(14)11-13-7-5-4-6-8-13/h4-8,14-16,18H,9-12H2,1-3H3/t14-,15?,16?/m0/s1. The number of carbonyl (C=O) groups excluding carboxylic acids is 2. The van der Waals surface area contributed by atoms with Gasteiger partial charge in [-0.05, 0) is 39.2 Å². The summed E-state index contributed by atoms with van der Waals surface area (Å²) in [5.41, 5.74) is 0.304. The number of ether oxygens (including phenoxy) is 1. The Bertz CT molecular complexity index is 690. The van der Waals surface area contributed by atoms with E-state index < -0.39 is 36.0 Å². The highest BCUT2D eigenvalue weighted by Gasteiger charge is 2.52. The van der Waals surface area contributed by atoms with Gasteiger partial charge in [-0.25, -0.2) is 13.6 Å². The van der Waals surface area contributed by atoms with Gasteiger partial charge in [-0.1, -0.05) is 30.3 Å². The Morgan fingerprint density at radius 3 is 2.44 bits per heavy atom. The molecule has 0 N–H and O–H groups in total. The van der Waals surface area contributed by atoms with Crippen LogP contribution in [0.5, 0.6) is 0 Å². The molecule has 0 saturated carbocycles. The van der Waals surface area contributed by atoms with Crippen molar-refractivity contribution in [1.29, 1.82) is 0 Å². The first-order chi connectivity index (χ1) is 12.7. The second-order valence-electron chi connectivity index (χ2n) is 8.24. The van der Waals surface area contributed by atoms with Crippen LogP contribution in [0, 0.1) is 0 Å². The Morgan fingerprint density at radius 1 is 1.19 bits per heavy atom. The normalized spacial score (nSPS) is 25.7. The van der Waals surface area contributed by atoms with E-state index in [1.165, 1.54) is 4.90 Å². The van der Waals surface area contributed by atoms with Gasteiger partial charge in [-0.3, -0.25) is 14.6 Å². The van der Waals surface area contributed by atoms with Crippen LogP contribution in [0.1, 0.15) is 39.2 Å². The van der Waals surface area contributed by atoms with Crippen molar-refractivity contribution in [1.82, 2.24) is 9.80 Å².